The summed E-state index contributed by atoms with van der Waals surface area (Å²) in [4.78, 5) is 15.0. The van der Waals surface area contributed by atoms with E-state index in [2.05, 4.69) is 108 Å². The van der Waals surface area contributed by atoms with Gasteiger partial charge >= 0.3 is 5.63 Å². The van der Waals surface area contributed by atoms with Crippen molar-refractivity contribution in [1.82, 2.24) is 0 Å². The van der Waals surface area contributed by atoms with Crippen LogP contribution in [0.3, 0.4) is 0 Å². The SMILES string of the molecule is Cc1coc(=O)c2cc(N3c4ccccc4C4(c5ccccc5-c5ccccc54)c4ccccc43)ccc12. The third-order valence-corrected chi connectivity index (χ3v) is 8.30. The van der Waals surface area contributed by atoms with Crippen molar-refractivity contribution in [2.75, 3.05) is 4.90 Å². The molecule has 0 N–H and O–H groups in total. The lowest BCUT2D eigenvalue weighted by Crippen LogP contribution is -2.36. The van der Waals surface area contributed by atoms with E-state index in [1.165, 1.54) is 39.6 Å². The highest BCUT2D eigenvalue weighted by molar-refractivity contribution is 5.97. The molecule has 0 saturated heterocycles. The van der Waals surface area contributed by atoms with Crippen LogP contribution in [0.4, 0.5) is 17.1 Å². The third-order valence-electron chi connectivity index (χ3n) is 8.30. The number of benzene rings is 5. The maximum Gasteiger partial charge on any atom is 0.343 e. The number of hydrogen-bond acceptors (Lipinski definition) is 3. The van der Waals surface area contributed by atoms with Crippen molar-refractivity contribution >= 4 is 27.8 Å². The number of para-hydroxylation sites is 2. The van der Waals surface area contributed by atoms with Gasteiger partial charge in [-0.05, 0) is 75.5 Å². The zero-order valence-electron chi connectivity index (χ0n) is 20.8. The van der Waals surface area contributed by atoms with E-state index in [4.69, 9.17) is 4.42 Å². The van der Waals surface area contributed by atoms with E-state index in [0.717, 1.165) is 28.0 Å². The molecular formula is C35H23NO2. The highest BCUT2D eigenvalue weighted by atomic mass is 16.4. The number of anilines is 3. The Hall–Kier alpha value is -4.89. The van der Waals surface area contributed by atoms with Crippen LogP contribution < -0.4 is 10.5 Å². The van der Waals surface area contributed by atoms with E-state index in [1.807, 2.05) is 19.1 Å². The van der Waals surface area contributed by atoms with Crippen molar-refractivity contribution in [3.63, 3.8) is 0 Å². The zero-order valence-corrected chi connectivity index (χ0v) is 20.8. The Kier molecular flexibility index (Phi) is 4.22. The summed E-state index contributed by atoms with van der Waals surface area (Å²) >= 11 is 0. The van der Waals surface area contributed by atoms with Crippen molar-refractivity contribution in [2.24, 2.45) is 0 Å². The predicted octanol–water partition coefficient (Wildman–Crippen LogP) is 8.25. The minimum absolute atomic E-state index is 0.318. The minimum atomic E-state index is -0.441. The smallest absolute Gasteiger partial charge is 0.343 e. The van der Waals surface area contributed by atoms with Crippen molar-refractivity contribution in [2.45, 2.75) is 12.3 Å². The van der Waals surface area contributed by atoms with E-state index >= 15 is 0 Å². The van der Waals surface area contributed by atoms with E-state index in [1.54, 1.807) is 0 Å². The minimum Gasteiger partial charge on any atom is -0.431 e. The van der Waals surface area contributed by atoms with Gasteiger partial charge in [-0.1, -0.05) is 91.0 Å². The number of nitrogens with zero attached hydrogens (tertiary/aromatic N) is 1. The maximum absolute atomic E-state index is 12.8. The predicted molar refractivity (Wildman–Crippen MR) is 153 cm³/mol. The summed E-state index contributed by atoms with van der Waals surface area (Å²) in [6, 6.07) is 41.1. The fourth-order valence-corrected chi connectivity index (χ4v) is 6.79. The molecule has 2 heterocycles. The molecular weight excluding hydrogens is 466 g/mol. The molecule has 0 fully saturated rings. The number of hydrogen-bond donors (Lipinski definition) is 0. The van der Waals surface area contributed by atoms with Crippen LogP contribution in [0, 0.1) is 6.92 Å². The largest absolute Gasteiger partial charge is 0.431 e. The van der Waals surface area contributed by atoms with Crippen LogP contribution in [0.2, 0.25) is 0 Å². The van der Waals surface area contributed by atoms with E-state index in [9.17, 15) is 4.79 Å². The molecule has 6 aromatic rings. The highest BCUT2D eigenvalue weighted by Crippen LogP contribution is 2.63. The molecule has 1 spiro atoms. The van der Waals surface area contributed by atoms with Crippen LogP contribution in [-0.4, -0.2) is 0 Å². The van der Waals surface area contributed by atoms with E-state index < -0.39 is 5.41 Å². The summed E-state index contributed by atoms with van der Waals surface area (Å²) in [6.45, 7) is 1.97. The van der Waals surface area contributed by atoms with Gasteiger partial charge in [0, 0.05) is 5.69 Å². The molecule has 180 valence electrons. The Bertz CT molecular complexity index is 1890. The van der Waals surface area contributed by atoms with Crippen LogP contribution in [0.25, 0.3) is 21.9 Å². The lowest BCUT2D eigenvalue weighted by atomic mass is 9.64. The first-order valence-electron chi connectivity index (χ1n) is 12.9. The molecule has 2 aliphatic rings. The van der Waals surface area contributed by atoms with Crippen LogP contribution >= 0.6 is 0 Å². The quantitative estimate of drug-likeness (QED) is 0.233. The Morgan fingerprint density at radius 2 is 1.13 bits per heavy atom. The summed E-state index contributed by atoms with van der Waals surface area (Å²) in [7, 11) is 0. The molecule has 38 heavy (non-hydrogen) atoms. The van der Waals surface area contributed by atoms with Gasteiger partial charge in [0.2, 0.25) is 0 Å². The van der Waals surface area contributed by atoms with Gasteiger partial charge < -0.3 is 9.32 Å². The monoisotopic (exact) mass is 489 g/mol. The molecule has 5 aromatic carbocycles. The number of fused-ring (bicyclic) bond motifs is 10. The first kappa shape index (κ1) is 21.2. The summed E-state index contributed by atoms with van der Waals surface area (Å²) in [5.74, 6) is 0. The zero-order chi connectivity index (χ0) is 25.4. The Morgan fingerprint density at radius 1 is 0.605 bits per heavy atom. The number of rotatable bonds is 1. The fourth-order valence-electron chi connectivity index (χ4n) is 6.79. The third kappa shape index (κ3) is 2.55. The average molecular weight is 490 g/mol. The molecule has 1 aliphatic carbocycles. The normalized spacial score (nSPS) is 14.2. The highest BCUT2D eigenvalue weighted by Gasteiger charge is 2.51. The van der Waals surface area contributed by atoms with Gasteiger partial charge in [-0.15, -0.1) is 0 Å². The van der Waals surface area contributed by atoms with Gasteiger partial charge in [0.05, 0.1) is 28.4 Å². The lowest BCUT2D eigenvalue weighted by Gasteiger charge is -2.45. The average Bonchev–Trinajstić information content (AvgIpc) is 3.27. The van der Waals surface area contributed by atoms with Crippen molar-refractivity contribution in [1.29, 1.82) is 0 Å². The molecule has 8 rings (SSSR count). The molecule has 0 amide bonds. The van der Waals surface area contributed by atoms with Gasteiger partial charge in [-0.2, -0.15) is 0 Å². The van der Waals surface area contributed by atoms with Gasteiger partial charge in [0.15, 0.2) is 0 Å². The molecule has 1 aliphatic heterocycles. The van der Waals surface area contributed by atoms with Crippen molar-refractivity contribution in [3.05, 3.63) is 160 Å². The lowest BCUT2D eigenvalue weighted by molar-refractivity contribution is 0.516. The van der Waals surface area contributed by atoms with Gasteiger partial charge in [0.25, 0.3) is 0 Å². The fraction of sp³-hybridized carbons (Fsp3) is 0.0571. The van der Waals surface area contributed by atoms with E-state index in [0.29, 0.717) is 5.39 Å². The summed E-state index contributed by atoms with van der Waals surface area (Å²) in [5, 5.41) is 1.51. The first-order chi connectivity index (χ1) is 18.7. The van der Waals surface area contributed by atoms with E-state index in [-0.39, 0.29) is 5.63 Å². The second kappa shape index (κ2) is 7.56. The molecule has 0 radical (unpaired) electrons. The number of aryl methyl sites for hydroxylation is 1. The molecule has 0 unspecified atom stereocenters. The van der Waals surface area contributed by atoms with Crippen LogP contribution in [0.15, 0.2) is 131 Å². The molecule has 1 aromatic heterocycles. The summed E-state index contributed by atoms with van der Waals surface area (Å²) in [6.07, 6.45) is 1.54. The Morgan fingerprint density at radius 3 is 1.74 bits per heavy atom. The Labute approximate surface area is 220 Å². The summed E-state index contributed by atoms with van der Waals surface area (Å²) in [5.41, 5.74) is 11.0. The molecule has 3 heteroatoms. The van der Waals surface area contributed by atoms with Gasteiger partial charge in [-0.3, -0.25) is 0 Å². The maximum atomic E-state index is 12.8. The van der Waals surface area contributed by atoms with Crippen molar-refractivity contribution in [3.8, 4) is 11.1 Å². The first-order valence-corrected chi connectivity index (χ1v) is 12.9. The van der Waals surface area contributed by atoms with Crippen LogP contribution in [-0.2, 0) is 5.41 Å². The molecule has 0 saturated carbocycles. The van der Waals surface area contributed by atoms with Gasteiger partial charge in [-0.25, -0.2) is 4.79 Å². The molecule has 0 atom stereocenters. The topological polar surface area (TPSA) is 33.5 Å². The van der Waals surface area contributed by atoms with Crippen molar-refractivity contribution < 1.29 is 4.42 Å². The van der Waals surface area contributed by atoms with Crippen LogP contribution in [0.5, 0.6) is 0 Å². The molecule has 0 bridgehead atoms. The van der Waals surface area contributed by atoms with Gasteiger partial charge in [0.1, 0.15) is 0 Å². The summed E-state index contributed by atoms with van der Waals surface area (Å²) < 4.78 is 5.33. The second-order valence-electron chi connectivity index (χ2n) is 10.1. The second-order valence-corrected chi connectivity index (χ2v) is 10.1. The Balaban J connectivity index is 1.50. The molecule has 3 nitrogen and oxygen atoms in total. The van der Waals surface area contributed by atoms with Crippen LogP contribution in [0.1, 0.15) is 27.8 Å². The standard InChI is InChI=1S/C35H23NO2/c1-22-21-38-34(37)27-20-23(18-19-24(22)27)36-32-16-8-6-14-30(32)35(31-15-7-9-17-33(31)36)28-12-4-2-10-25(28)26-11-3-5-13-29(26)35/h2-21H,1H3.